The molecule has 8 heteroatoms. The van der Waals surface area contributed by atoms with Gasteiger partial charge in [-0.15, -0.1) is 0 Å². The Morgan fingerprint density at radius 3 is 2.52 bits per heavy atom. The third kappa shape index (κ3) is 2.59. The predicted octanol–water partition coefficient (Wildman–Crippen LogP) is 2.19. The molecule has 0 aromatic carbocycles. The number of aromatic nitrogens is 2. The van der Waals surface area contributed by atoms with E-state index in [1.807, 2.05) is 0 Å². The molecule has 0 aliphatic carbocycles. The highest BCUT2D eigenvalue weighted by Crippen LogP contribution is 2.47. The monoisotopic (exact) mass is 303 g/mol. The van der Waals surface area contributed by atoms with Gasteiger partial charge in [-0.2, -0.15) is 13.2 Å². The Morgan fingerprint density at radius 1 is 1.43 bits per heavy atom. The van der Waals surface area contributed by atoms with Gasteiger partial charge >= 0.3 is 12.1 Å². The van der Waals surface area contributed by atoms with Crippen molar-refractivity contribution in [3.63, 3.8) is 0 Å². The van der Waals surface area contributed by atoms with E-state index in [-0.39, 0.29) is 6.54 Å². The molecular weight excluding hydrogens is 287 g/mol. The van der Waals surface area contributed by atoms with E-state index >= 15 is 0 Å². The standard InChI is InChI=1S/C13H16F3N3O2/c1-8-10(18-5-4-17-8)9(2)19-6-3-12(7-19,11(20)21)13(14,15)16/h4-5,9H,3,6-7H2,1-2H3,(H,20,21). The molecule has 1 aromatic rings. The molecule has 0 amide bonds. The van der Waals surface area contributed by atoms with Crippen LogP contribution in [0.4, 0.5) is 13.2 Å². The summed E-state index contributed by atoms with van der Waals surface area (Å²) in [6, 6.07) is -0.415. The maximum absolute atomic E-state index is 13.1. The molecule has 0 saturated carbocycles. The number of nitrogens with zero attached hydrogens (tertiary/aromatic N) is 3. The summed E-state index contributed by atoms with van der Waals surface area (Å²) in [5.74, 6) is -1.82. The maximum atomic E-state index is 13.1. The second-order valence-corrected chi connectivity index (χ2v) is 5.31. The van der Waals surface area contributed by atoms with Gasteiger partial charge in [-0.3, -0.25) is 19.7 Å². The van der Waals surface area contributed by atoms with Crippen molar-refractivity contribution in [3.05, 3.63) is 23.8 Å². The highest BCUT2D eigenvalue weighted by atomic mass is 19.4. The lowest BCUT2D eigenvalue weighted by molar-refractivity contribution is -0.227. The molecule has 2 heterocycles. The van der Waals surface area contributed by atoms with Crippen LogP contribution in [0.3, 0.4) is 0 Å². The molecule has 1 fully saturated rings. The molecule has 0 spiro atoms. The van der Waals surface area contributed by atoms with Crippen molar-refractivity contribution in [1.82, 2.24) is 14.9 Å². The van der Waals surface area contributed by atoms with Gasteiger partial charge in [0.25, 0.3) is 0 Å². The molecular formula is C13H16F3N3O2. The van der Waals surface area contributed by atoms with E-state index in [0.29, 0.717) is 11.4 Å². The first-order chi connectivity index (χ1) is 9.69. The zero-order chi connectivity index (χ0) is 15.8. The number of aryl methyl sites for hydroxylation is 1. The number of likely N-dealkylation sites (tertiary alicyclic amines) is 1. The first kappa shape index (κ1) is 15.7. The van der Waals surface area contributed by atoms with E-state index in [4.69, 9.17) is 5.11 Å². The number of halogens is 3. The Labute approximate surface area is 119 Å². The molecule has 1 aromatic heterocycles. The van der Waals surface area contributed by atoms with Crippen molar-refractivity contribution >= 4 is 5.97 Å². The molecule has 2 unspecified atom stereocenters. The lowest BCUT2D eigenvalue weighted by atomic mass is 9.86. The van der Waals surface area contributed by atoms with Crippen molar-refractivity contribution in [1.29, 1.82) is 0 Å². The van der Waals surface area contributed by atoms with Crippen LogP contribution in [0.15, 0.2) is 12.4 Å². The summed E-state index contributed by atoms with van der Waals surface area (Å²) in [6.07, 6.45) is -2.24. The fraction of sp³-hybridized carbons (Fsp3) is 0.615. The second-order valence-electron chi connectivity index (χ2n) is 5.31. The van der Waals surface area contributed by atoms with Gasteiger partial charge in [-0.25, -0.2) is 0 Å². The number of hydrogen-bond donors (Lipinski definition) is 1. The predicted molar refractivity (Wildman–Crippen MR) is 67.5 cm³/mol. The van der Waals surface area contributed by atoms with Crippen molar-refractivity contribution in [2.75, 3.05) is 13.1 Å². The fourth-order valence-electron chi connectivity index (χ4n) is 2.70. The summed E-state index contributed by atoms with van der Waals surface area (Å²) in [6.45, 7) is 2.93. The number of carbonyl (C=O) groups is 1. The summed E-state index contributed by atoms with van der Waals surface area (Å²) in [7, 11) is 0. The van der Waals surface area contributed by atoms with Crippen molar-refractivity contribution in [2.45, 2.75) is 32.5 Å². The van der Waals surface area contributed by atoms with Gasteiger partial charge in [0.1, 0.15) is 0 Å². The molecule has 0 radical (unpaired) electrons. The van der Waals surface area contributed by atoms with Gasteiger partial charge in [0.15, 0.2) is 5.41 Å². The molecule has 2 rings (SSSR count). The molecule has 21 heavy (non-hydrogen) atoms. The average Bonchev–Trinajstić information content (AvgIpc) is 2.84. The first-order valence-corrected chi connectivity index (χ1v) is 6.51. The number of carboxylic acid groups (broad SMARTS) is 1. The van der Waals surface area contributed by atoms with Gasteiger partial charge in [0.05, 0.1) is 17.4 Å². The minimum atomic E-state index is -4.77. The third-order valence-corrected chi connectivity index (χ3v) is 4.11. The second kappa shape index (κ2) is 5.25. The number of aliphatic carboxylic acids is 1. The highest BCUT2D eigenvalue weighted by molar-refractivity contribution is 5.76. The summed E-state index contributed by atoms with van der Waals surface area (Å²) in [5, 5.41) is 9.05. The number of carboxylic acids is 1. The molecule has 1 N–H and O–H groups in total. The number of hydrogen-bond acceptors (Lipinski definition) is 4. The van der Waals surface area contributed by atoms with E-state index in [0.717, 1.165) is 0 Å². The fourth-order valence-corrected chi connectivity index (χ4v) is 2.70. The maximum Gasteiger partial charge on any atom is 0.406 e. The SMILES string of the molecule is Cc1nccnc1C(C)N1CCC(C(=O)O)(C(F)(F)F)C1. The lowest BCUT2D eigenvalue weighted by Gasteiger charge is -2.29. The molecule has 2 atom stereocenters. The molecule has 1 saturated heterocycles. The Kier molecular flexibility index (Phi) is 3.92. The van der Waals surface area contributed by atoms with Gasteiger partial charge in [-0.05, 0) is 20.3 Å². The average molecular weight is 303 g/mol. The molecule has 1 aliphatic heterocycles. The molecule has 116 valence electrons. The summed E-state index contributed by atoms with van der Waals surface area (Å²) in [4.78, 5) is 20.9. The summed E-state index contributed by atoms with van der Waals surface area (Å²) < 4.78 is 39.4. The van der Waals surface area contributed by atoms with E-state index in [1.165, 1.54) is 17.3 Å². The van der Waals surface area contributed by atoms with E-state index in [9.17, 15) is 18.0 Å². The van der Waals surface area contributed by atoms with E-state index < -0.39 is 36.6 Å². The van der Waals surface area contributed by atoms with Gasteiger partial charge in [-0.1, -0.05) is 0 Å². The quantitative estimate of drug-likeness (QED) is 0.927. The van der Waals surface area contributed by atoms with Gasteiger partial charge in [0.2, 0.25) is 0 Å². The Morgan fingerprint density at radius 2 is 2.05 bits per heavy atom. The zero-order valence-electron chi connectivity index (χ0n) is 11.7. The minimum absolute atomic E-state index is 0.0585. The smallest absolute Gasteiger partial charge is 0.406 e. The normalized spacial score (nSPS) is 25.0. The largest absolute Gasteiger partial charge is 0.481 e. The highest BCUT2D eigenvalue weighted by Gasteiger charge is 2.64. The summed E-state index contributed by atoms with van der Waals surface area (Å²) in [5.41, 5.74) is -1.50. The van der Waals surface area contributed by atoms with Crippen LogP contribution in [0.1, 0.15) is 30.8 Å². The van der Waals surface area contributed by atoms with E-state index in [2.05, 4.69) is 9.97 Å². The number of rotatable bonds is 3. The van der Waals surface area contributed by atoms with Gasteiger partial charge < -0.3 is 5.11 Å². The van der Waals surface area contributed by atoms with Crippen LogP contribution in [0.25, 0.3) is 0 Å². The van der Waals surface area contributed by atoms with Crippen LogP contribution >= 0.6 is 0 Å². The zero-order valence-corrected chi connectivity index (χ0v) is 11.7. The van der Waals surface area contributed by atoms with E-state index in [1.54, 1.807) is 13.8 Å². The van der Waals surface area contributed by atoms with Crippen LogP contribution in [-0.2, 0) is 4.79 Å². The number of alkyl halides is 3. The first-order valence-electron chi connectivity index (χ1n) is 6.51. The molecule has 1 aliphatic rings. The Balaban J connectivity index is 2.26. The van der Waals surface area contributed by atoms with Crippen LogP contribution < -0.4 is 0 Å². The minimum Gasteiger partial charge on any atom is -0.481 e. The van der Waals surface area contributed by atoms with Crippen LogP contribution in [0.2, 0.25) is 0 Å². The Bertz CT molecular complexity index is 550. The summed E-state index contributed by atoms with van der Waals surface area (Å²) >= 11 is 0. The van der Waals surface area contributed by atoms with Crippen LogP contribution in [-0.4, -0.2) is 45.2 Å². The molecule has 5 nitrogen and oxygen atoms in total. The third-order valence-electron chi connectivity index (χ3n) is 4.11. The van der Waals surface area contributed by atoms with Crippen LogP contribution in [0.5, 0.6) is 0 Å². The van der Waals surface area contributed by atoms with Gasteiger partial charge in [0, 0.05) is 25.5 Å². The van der Waals surface area contributed by atoms with Crippen molar-refractivity contribution in [3.8, 4) is 0 Å². The Hall–Kier alpha value is -1.70. The molecule has 0 bridgehead atoms. The lowest BCUT2D eigenvalue weighted by Crippen LogP contribution is -2.47. The van der Waals surface area contributed by atoms with Crippen molar-refractivity contribution < 1.29 is 23.1 Å². The van der Waals surface area contributed by atoms with Crippen molar-refractivity contribution in [2.24, 2.45) is 5.41 Å². The topological polar surface area (TPSA) is 66.3 Å². The van der Waals surface area contributed by atoms with Crippen LogP contribution in [0, 0.1) is 12.3 Å².